The number of nitrogens with zero attached hydrogens (tertiary/aromatic N) is 2. The molecule has 37 heavy (non-hydrogen) atoms. The van der Waals surface area contributed by atoms with E-state index in [9.17, 15) is 18.9 Å². The molecule has 0 radical (unpaired) electrons. The number of ether oxygens (including phenoxy) is 1. The minimum Gasteiger partial charge on any atom is -0.497 e. The minimum atomic E-state index is -3.81. The molecule has 0 saturated carbocycles. The van der Waals surface area contributed by atoms with E-state index in [4.69, 9.17) is 9.16 Å². The molecule has 0 unspecified atom stereocenters. The molecule has 198 valence electrons. The topological polar surface area (TPSA) is 112 Å². The number of sulfonamides is 1. The summed E-state index contributed by atoms with van der Waals surface area (Å²) in [7, 11) is -4.65. The zero-order valence-corrected chi connectivity index (χ0v) is 24.5. The molecule has 0 spiro atoms. The average Bonchev–Trinajstić information content (AvgIpc) is 2.83. The summed E-state index contributed by atoms with van der Waals surface area (Å²) in [5, 5.41) is 19.6. The highest BCUT2D eigenvalue weighted by Gasteiger charge is 2.45. The smallest absolute Gasteiger partial charge is 0.241 e. The van der Waals surface area contributed by atoms with Gasteiger partial charge in [-0.2, -0.15) is 10.5 Å². The van der Waals surface area contributed by atoms with Crippen LogP contribution in [0.25, 0.3) is 0 Å². The molecule has 0 aliphatic heterocycles. The Labute approximate surface area is 222 Å². The first-order valence-corrected chi connectivity index (χ1v) is 16.5. The molecule has 0 bridgehead atoms. The van der Waals surface area contributed by atoms with E-state index in [2.05, 4.69) is 16.9 Å². The minimum absolute atomic E-state index is 0.0118. The molecule has 0 amide bonds. The van der Waals surface area contributed by atoms with Crippen LogP contribution < -0.4 is 9.46 Å². The van der Waals surface area contributed by atoms with Gasteiger partial charge in [-0.25, -0.2) is 13.1 Å². The van der Waals surface area contributed by atoms with Crippen molar-refractivity contribution in [1.29, 1.82) is 10.5 Å². The molecule has 1 N–H and O–H groups in total. The van der Waals surface area contributed by atoms with Crippen molar-refractivity contribution in [3.05, 3.63) is 71.8 Å². The van der Waals surface area contributed by atoms with Gasteiger partial charge in [0.2, 0.25) is 15.6 Å². The van der Waals surface area contributed by atoms with Crippen molar-refractivity contribution in [2.75, 3.05) is 7.11 Å². The summed E-state index contributed by atoms with van der Waals surface area (Å²) in [6, 6.07) is 17.5. The molecule has 0 aliphatic carbocycles. The molecular weight excluding hydrogens is 502 g/mol. The van der Waals surface area contributed by atoms with Crippen LogP contribution in [0.3, 0.4) is 0 Å². The van der Waals surface area contributed by atoms with E-state index in [1.807, 2.05) is 65.1 Å². The molecule has 9 heteroatoms. The van der Waals surface area contributed by atoms with E-state index in [0.717, 1.165) is 11.1 Å². The summed E-state index contributed by atoms with van der Waals surface area (Å²) in [6.45, 7) is 12.0. The Morgan fingerprint density at radius 2 is 1.59 bits per heavy atom. The molecule has 2 rings (SSSR count). The van der Waals surface area contributed by atoms with Crippen LogP contribution in [0.4, 0.5) is 0 Å². The number of nitriles is 2. The number of methoxy groups -OCH3 is 1. The van der Waals surface area contributed by atoms with E-state index < -0.39 is 30.0 Å². The Morgan fingerprint density at radius 1 is 1.03 bits per heavy atom. The molecule has 0 heterocycles. The van der Waals surface area contributed by atoms with Crippen molar-refractivity contribution in [3.8, 4) is 17.9 Å². The third-order valence-electron chi connectivity index (χ3n) is 6.62. The van der Waals surface area contributed by atoms with E-state index in [-0.39, 0.29) is 16.4 Å². The van der Waals surface area contributed by atoms with Crippen molar-refractivity contribution in [1.82, 2.24) is 4.72 Å². The molecule has 7 nitrogen and oxygen atoms in total. The maximum atomic E-state index is 13.1. The summed E-state index contributed by atoms with van der Waals surface area (Å²) in [6.07, 6.45) is 3.72. The first kappa shape index (κ1) is 30.3. The Balaban J connectivity index is 2.34. The Morgan fingerprint density at radius 3 is 2.08 bits per heavy atom. The third kappa shape index (κ3) is 8.27. The van der Waals surface area contributed by atoms with Gasteiger partial charge in [-0.3, -0.25) is 0 Å². The van der Waals surface area contributed by atoms with E-state index in [1.54, 1.807) is 43.5 Å². The molecule has 0 aliphatic rings. The summed E-state index contributed by atoms with van der Waals surface area (Å²) >= 11 is 0. The van der Waals surface area contributed by atoms with Crippen molar-refractivity contribution < 1.29 is 17.6 Å². The molecule has 2 aromatic carbocycles. The quantitative estimate of drug-likeness (QED) is 0.292. The van der Waals surface area contributed by atoms with Gasteiger partial charge in [0.15, 0.2) is 8.32 Å². The van der Waals surface area contributed by atoms with Crippen LogP contribution in [-0.2, 0) is 20.9 Å². The molecular formula is C28H37N3O4SSi. The largest absolute Gasteiger partial charge is 0.497 e. The summed E-state index contributed by atoms with van der Waals surface area (Å²) in [5.41, 5.74) is 0.200. The maximum absolute atomic E-state index is 13.1. The first-order valence-electron chi connectivity index (χ1n) is 12.1. The monoisotopic (exact) mass is 539 g/mol. The SMILES string of the molecule is COc1ccc(C[C@H](/C=C/CC(C#N)(C#N)O[Si](C)(C)C(C)(C)C)NS(=O)(=O)c2ccc(C)cc2)cc1. The fraction of sp³-hybridized carbons (Fsp3) is 0.429. The lowest BCUT2D eigenvalue weighted by atomic mass is 10.0. The second-order valence-electron chi connectivity index (χ2n) is 10.6. The van der Waals surface area contributed by atoms with Crippen LogP contribution in [0, 0.1) is 29.6 Å². The highest BCUT2D eigenvalue weighted by atomic mass is 32.2. The second kappa shape index (κ2) is 12.1. The predicted octanol–water partition coefficient (Wildman–Crippen LogP) is 5.65. The fourth-order valence-electron chi connectivity index (χ4n) is 3.34. The number of hydrogen-bond acceptors (Lipinski definition) is 6. The van der Waals surface area contributed by atoms with Gasteiger partial charge >= 0.3 is 0 Å². The first-order chi connectivity index (χ1) is 17.2. The Kier molecular flexibility index (Phi) is 9.87. The lowest BCUT2D eigenvalue weighted by Gasteiger charge is -2.39. The summed E-state index contributed by atoms with van der Waals surface area (Å²) in [5.74, 6) is 0.701. The standard InChI is InChI=1S/C28H37N3O4SSi/c1-22-10-16-26(17-11-22)36(32,33)31-24(19-23-12-14-25(34-5)15-13-23)9-8-18-28(20-29,21-30)35-37(6,7)27(2,3)4/h8-17,24,31H,18-19H2,1-7H3/b9-8+/t24-/m0/s1. The van der Waals surface area contributed by atoms with Crippen LogP contribution in [-0.4, -0.2) is 35.5 Å². The van der Waals surface area contributed by atoms with Crippen molar-refractivity contribution in [2.24, 2.45) is 0 Å². The molecule has 0 saturated heterocycles. The van der Waals surface area contributed by atoms with Crippen molar-refractivity contribution in [2.45, 2.75) is 75.2 Å². The van der Waals surface area contributed by atoms with Gasteiger partial charge < -0.3 is 9.16 Å². The number of nitrogens with one attached hydrogen (secondary N) is 1. The Bertz CT molecular complexity index is 1250. The summed E-state index contributed by atoms with van der Waals surface area (Å²) < 4.78 is 40.4. The van der Waals surface area contributed by atoms with Gasteiger partial charge in [0, 0.05) is 12.5 Å². The van der Waals surface area contributed by atoms with Crippen LogP contribution in [0.15, 0.2) is 65.6 Å². The second-order valence-corrected chi connectivity index (χ2v) is 17.1. The zero-order chi connectivity index (χ0) is 27.9. The normalized spacial score (nSPS) is 13.6. The highest BCUT2D eigenvalue weighted by Crippen LogP contribution is 2.39. The van der Waals surface area contributed by atoms with Gasteiger partial charge in [0.05, 0.1) is 12.0 Å². The fourth-order valence-corrected chi connectivity index (χ4v) is 5.88. The molecule has 1 atom stereocenters. The van der Waals surface area contributed by atoms with Gasteiger partial charge in [0.25, 0.3) is 0 Å². The van der Waals surface area contributed by atoms with Gasteiger partial charge in [-0.15, -0.1) is 0 Å². The predicted molar refractivity (Wildman–Crippen MR) is 148 cm³/mol. The summed E-state index contributed by atoms with van der Waals surface area (Å²) in [4.78, 5) is 0.163. The molecule has 0 fully saturated rings. The third-order valence-corrected chi connectivity index (χ3v) is 12.6. The molecule has 0 aromatic heterocycles. The van der Waals surface area contributed by atoms with Crippen LogP contribution in [0.1, 0.15) is 38.3 Å². The van der Waals surface area contributed by atoms with Crippen molar-refractivity contribution >= 4 is 18.3 Å². The van der Waals surface area contributed by atoms with E-state index >= 15 is 0 Å². The molecule has 2 aromatic rings. The number of rotatable bonds is 11. The number of hydrogen-bond donors (Lipinski definition) is 1. The number of benzene rings is 2. The van der Waals surface area contributed by atoms with Crippen LogP contribution >= 0.6 is 0 Å². The highest BCUT2D eigenvalue weighted by molar-refractivity contribution is 7.89. The van der Waals surface area contributed by atoms with Gasteiger partial charge in [-0.05, 0) is 61.3 Å². The lowest BCUT2D eigenvalue weighted by molar-refractivity contribution is 0.168. The Hall–Kier alpha value is -2.95. The van der Waals surface area contributed by atoms with Gasteiger partial charge in [0.1, 0.15) is 17.9 Å². The lowest BCUT2D eigenvalue weighted by Crippen LogP contribution is -2.48. The van der Waals surface area contributed by atoms with Crippen molar-refractivity contribution in [3.63, 3.8) is 0 Å². The zero-order valence-electron chi connectivity index (χ0n) is 22.7. The van der Waals surface area contributed by atoms with Crippen LogP contribution in [0.5, 0.6) is 5.75 Å². The maximum Gasteiger partial charge on any atom is 0.241 e. The van der Waals surface area contributed by atoms with E-state index in [0.29, 0.717) is 12.2 Å². The number of aryl methyl sites for hydroxylation is 1. The van der Waals surface area contributed by atoms with Gasteiger partial charge in [-0.1, -0.05) is 62.8 Å². The average molecular weight is 540 g/mol. The van der Waals surface area contributed by atoms with E-state index in [1.165, 1.54) is 0 Å². The van der Waals surface area contributed by atoms with Crippen LogP contribution in [0.2, 0.25) is 18.1 Å².